The highest BCUT2D eigenvalue weighted by Gasteiger charge is 1.98. The summed E-state index contributed by atoms with van der Waals surface area (Å²) in [6, 6.07) is 0. The summed E-state index contributed by atoms with van der Waals surface area (Å²) in [5.41, 5.74) is 0. The Hall–Kier alpha value is -0.830. The largest absolute Gasteiger partial charge is 0.466 e. The molecule has 0 aromatic rings. The Bertz CT molecular complexity index is 136. The first-order valence-corrected chi connectivity index (χ1v) is 3.53. The molecule has 0 radical (unpaired) electrons. The number of rotatable bonds is 4. The molecule has 0 rings (SSSR count). The molecular weight excluding hydrogens is 144 g/mol. The normalized spacial score (nSPS) is 13.4. The summed E-state index contributed by atoms with van der Waals surface area (Å²) < 4.78 is 9.41. The van der Waals surface area contributed by atoms with Crippen LogP contribution >= 0.6 is 0 Å². The highest BCUT2D eigenvalue weighted by Crippen LogP contribution is 1.97. The minimum Gasteiger partial charge on any atom is -0.466 e. The third-order valence-electron chi connectivity index (χ3n) is 1.35. The van der Waals surface area contributed by atoms with Gasteiger partial charge in [-0.3, -0.25) is 0 Å². The van der Waals surface area contributed by atoms with Crippen molar-refractivity contribution in [3.63, 3.8) is 0 Å². The Labute approximate surface area is 67.0 Å². The average molecular weight is 158 g/mol. The maximum absolute atomic E-state index is 10.6. The highest BCUT2D eigenvalue weighted by atomic mass is 16.5. The first-order valence-electron chi connectivity index (χ1n) is 3.53. The van der Waals surface area contributed by atoms with Gasteiger partial charge in [-0.15, -0.1) is 0 Å². The summed E-state index contributed by atoms with van der Waals surface area (Å²) in [4.78, 5) is 10.6. The molecule has 3 nitrogen and oxygen atoms in total. The molecule has 0 aromatic carbocycles. The van der Waals surface area contributed by atoms with Gasteiger partial charge in [-0.05, 0) is 12.5 Å². The molecule has 0 aliphatic carbocycles. The smallest absolute Gasteiger partial charge is 0.330 e. The van der Waals surface area contributed by atoms with E-state index in [-0.39, 0.29) is 12.1 Å². The quantitative estimate of drug-likeness (QED) is 0.454. The topological polar surface area (TPSA) is 35.5 Å². The molecule has 0 unspecified atom stereocenters. The summed E-state index contributed by atoms with van der Waals surface area (Å²) in [5.74, 6) is -0.347. The molecule has 0 amide bonds. The van der Waals surface area contributed by atoms with Crippen LogP contribution in [0.25, 0.3) is 0 Å². The first kappa shape index (κ1) is 10.2. The predicted octanol–water partition coefficient (Wildman–Crippen LogP) is 1.14. The Morgan fingerprint density at radius 2 is 2.18 bits per heavy atom. The molecule has 0 aliphatic heterocycles. The molecule has 0 aliphatic rings. The molecule has 0 saturated heterocycles. The SMILES string of the molecule is CC[C@H](/C=C/C(=O)OC)OC. The predicted molar refractivity (Wildman–Crippen MR) is 42.2 cm³/mol. The van der Waals surface area contributed by atoms with Gasteiger partial charge in [0.25, 0.3) is 0 Å². The van der Waals surface area contributed by atoms with Gasteiger partial charge < -0.3 is 9.47 Å². The van der Waals surface area contributed by atoms with Gasteiger partial charge in [-0.25, -0.2) is 4.79 Å². The van der Waals surface area contributed by atoms with Crippen LogP contribution in [0.15, 0.2) is 12.2 Å². The Morgan fingerprint density at radius 3 is 2.55 bits per heavy atom. The maximum Gasteiger partial charge on any atom is 0.330 e. The van der Waals surface area contributed by atoms with Crippen LogP contribution in [0, 0.1) is 0 Å². The van der Waals surface area contributed by atoms with E-state index in [0.29, 0.717) is 0 Å². The van der Waals surface area contributed by atoms with E-state index in [0.717, 1.165) is 6.42 Å². The number of methoxy groups -OCH3 is 2. The fourth-order valence-corrected chi connectivity index (χ4v) is 0.635. The zero-order valence-corrected chi connectivity index (χ0v) is 7.16. The monoisotopic (exact) mass is 158 g/mol. The van der Waals surface area contributed by atoms with E-state index >= 15 is 0 Å². The summed E-state index contributed by atoms with van der Waals surface area (Å²) in [5, 5.41) is 0. The third-order valence-corrected chi connectivity index (χ3v) is 1.35. The van der Waals surface area contributed by atoms with Crippen molar-refractivity contribution >= 4 is 5.97 Å². The van der Waals surface area contributed by atoms with E-state index < -0.39 is 0 Å². The molecular formula is C8H14O3. The van der Waals surface area contributed by atoms with E-state index in [1.165, 1.54) is 13.2 Å². The van der Waals surface area contributed by atoms with Gasteiger partial charge in [0.05, 0.1) is 13.2 Å². The molecule has 1 atom stereocenters. The van der Waals surface area contributed by atoms with Crippen molar-refractivity contribution in [1.29, 1.82) is 0 Å². The lowest BCUT2D eigenvalue weighted by molar-refractivity contribution is -0.134. The molecule has 0 saturated carbocycles. The molecule has 0 bridgehead atoms. The van der Waals surface area contributed by atoms with Crippen molar-refractivity contribution in [1.82, 2.24) is 0 Å². The van der Waals surface area contributed by atoms with Gasteiger partial charge in [-0.1, -0.05) is 6.92 Å². The molecule has 3 heteroatoms. The van der Waals surface area contributed by atoms with Crippen molar-refractivity contribution < 1.29 is 14.3 Å². The van der Waals surface area contributed by atoms with Crippen molar-refractivity contribution in [2.75, 3.05) is 14.2 Å². The number of hydrogen-bond acceptors (Lipinski definition) is 3. The summed E-state index contributed by atoms with van der Waals surface area (Å²) in [6.45, 7) is 1.98. The lowest BCUT2D eigenvalue weighted by Crippen LogP contribution is -2.05. The number of carbonyl (C=O) groups excluding carboxylic acids is 1. The van der Waals surface area contributed by atoms with Gasteiger partial charge in [0, 0.05) is 13.2 Å². The van der Waals surface area contributed by atoms with Crippen LogP contribution in [0.3, 0.4) is 0 Å². The third kappa shape index (κ3) is 4.56. The second-order valence-electron chi connectivity index (χ2n) is 2.06. The van der Waals surface area contributed by atoms with Crippen LogP contribution in [-0.2, 0) is 14.3 Å². The van der Waals surface area contributed by atoms with Crippen LogP contribution in [0.5, 0.6) is 0 Å². The van der Waals surface area contributed by atoms with E-state index in [1.807, 2.05) is 6.92 Å². The van der Waals surface area contributed by atoms with Crippen molar-refractivity contribution in [2.45, 2.75) is 19.4 Å². The number of carbonyl (C=O) groups is 1. The number of ether oxygens (including phenoxy) is 2. The molecule has 0 N–H and O–H groups in total. The van der Waals surface area contributed by atoms with Gasteiger partial charge in [0.2, 0.25) is 0 Å². The van der Waals surface area contributed by atoms with Crippen molar-refractivity contribution in [3.8, 4) is 0 Å². The second kappa shape index (κ2) is 5.92. The molecule has 64 valence electrons. The fraction of sp³-hybridized carbons (Fsp3) is 0.625. The molecule has 0 heterocycles. The molecule has 0 fully saturated rings. The average Bonchev–Trinajstić information content (AvgIpc) is 2.06. The van der Waals surface area contributed by atoms with Crippen LogP contribution in [0.4, 0.5) is 0 Å². The Morgan fingerprint density at radius 1 is 1.55 bits per heavy atom. The van der Waals surface area contributed by atoms with E-state index in [2.05, 4.69) is 4.74 Å². The lowest BCUT2D eigenvalue weighted by atomic mass is 10.2. The summed E-state index contributed by atoms with van der Waals surface area (Å²) in [7, 11) is 2.95. The fourth-order valence-electron chi connectivity index (χ4n) is 0.635. The van der Waals surface area contributed by atoms with Crippen LogP contribution in [0.2, 0.25) is 0 Å². The summed E-state index contributed by atoms with van der Waals surface area (Å²) in [6.07, 6.45) is 3.92. The zero-order valence-electron chi connectivity index (χ0n) is 7.16. The van der Waals surface area contributed by atoms with Gasteiger partial charge >= 0.3 is 5.97 Å². The van der Waals surface area contributed by atoms with E-state index in [4.69, 9.17) is 4.74 Å². The van der Waals surface area contributed by atoms with Crippen LogP contribution in [0.1, 0.15) is 13.3 Å². The summed E-state index contributed by atoms with van der Waals surface area (Å²) >= 11 is 0. The Kier molecular flexibility index (Phi) is 5.47. The van der Waals surface area contributed by atoms with E-state index in [9.17, 15) is 4.79 Å². The second-order valence-corrected chi connectivity index (χ2v) is 2.06. The highest BCUT2D eigenvalue weighted by molar-refractivity contribution is 5.81. The van der Waals surface area contributed by atoms with Gasteiger partial charge in [0.1, 0.15) is 0 Å². The standard InChI is InChI=1S/C8H14O3/c1-4-7(10-2)5-6-8(9)11-3/h5-7H,4H2,1-3H3/b6-5+/t7-/m1/s1. The van der Waals surface area contributed by atoms with Crippen LogP contribution < -0.4 is 0 Å². The number of hydrogen-bond donors (Lipinski definition) is 0. The minimum atomic E-state index is -0.347. The van der Waals surface area contributed by atoms with Gasteiger partial charge in [0.15, 0.2) is 0 Å². The van der Waals surface area contributed by atoms with Crippen LogP contribution in [-0.4, -0.2) is 26.3 Å². The molecule has 0 aromatic heterocycles. The van der Waals surface area contributed by atoms with Crippen molar-refractivity contribution in [3.05, 3.63) is 12.2 Å². The molecule has 11 heavy (non-hydrogen) atoms. The Balaban J connectivity index is 3.78. The molecule has 0 spiro atoms. The first-order chi connectivity index (χ1) is 5.24. The number of esters is 1. The van der Waals surface area contributed by atoms with Crippen molar-refractivity contribution in [2.24, 2.45) is 0 Å². The lowest BCUT2D eigenvalue weighted by Gasteiger charge is -2.05. The zero-order chi connectivity index (χ0) is 8.69. The maximum atomic E-state index is 10.6. The minimum absolute atomic E-state index is 0.00843. The van der Waals surface area contributed by atoms with E-state index in [1.54, 1.807) is 13.2 Å². The van der Waals surface area contributed by atoms with Gasteiger partial charge in [-0.2, -0.15) is 0 Å².